The molecule has 0 bridgehead atoms. The molecule has 0 unspecified atom stereocenters. The van der Waals surface area contributed by atoms with Crippen molar-refractivity contribution in [3.63, 3.8) is 0 Å². The number of halogens is 1. The van der Waals surface area contributed by atoms with E-state index in [0.717, 1.165) is 9.35 Å². The molecule has 0 saturated heterocycles. The first-order valence-electron chi connectivity index (χ1n) is 6.17. The number of hydrogen-bond donors (Lipinski definition) is 1. The Balaban J connectivity index is 2.03. The van der Waals surface area contributed by atoms with Crippen LogP contribution >= 0.6 is 34.7 Å². The quantitative estimate of drug-likeness (QED) is 0.798. The van der Waals surface area contributed by atoms with Crippen LogP contribution in [0.5, 0.6) is 11.5 Å². The number of nitrogens with zero attached hydrogens (tertiary/aromatic N) is 2. The second kappa shape index (κ2) is 7.66. The number of thioether (sulfide) groups is 1. The lowest BCUT2D eigenvalue weighted by atomic mass is 10.2. The molecular formula is C13H14ClN3O3S2. The number of nitrogens with one attached hydrogen (secondary N) is 1. The van der Waals surface area contributed by atoms with Gasteiger partial charge in [-0.3, -0.25) is 4.79 Å². The van der Waals surface area contributed by atoms with Crippen molar-refractivity contribution in [2.45, 2.75) is 11.3 Å². The lowest BCUT2D eigenvalue weighted by Crippen LogP contribution is -2.14. The molecule has 0 aliphatic carbocycles. The number of anilines is 1. The van der Waals surface area contributed by atoms with E-state index in [0.29, 0.717) is 22.2 Å². The highest BCUT2D eigenvalue weighted by atomic mass is 35.5. The largest absolute Gasteiger partial charge is 0.495 e. The van der Waals surface area contributed by atoms with Crippen LogP contribution in [0.15, 0.2) is 16.5 Å². The molecule has 2 rings (SSSR count). The number of benzene rings is 1. The lowest BCUT2D eigenvalue weighted by Gasteiger charge is -2.12. The smallest absolute Gasteiger partial charge is 0.234 e. The second-order valence-electron chi connectivity index (χ2n) is 4.11. The molecule has 0 spiro atoms. The first-order chi connectivity index (χ1) is 10.5. The van der Waals surface area contributed by atoms with Crippen molar-refractivity contribution in [2.75, 3.05) is 25.3 Å². The van der Waals surface area contributed by atoms with Crippen LogP contribution in [0.2, 0.25) is 5.02 Å². The Morgan fingerprint density at radius 1 is 1.32 bits per heavy atom. The average molecular weight is 360 g/mol. The van der Waals surface area contributed by atoms with Crippen LogP contribution in [0.25, 0.3) is 0 Å². The Labute approximate surface area is 141 Å². The summed E-state index contributed by atoms with van der Waals surface area (Å²) in [5.74, 6) is 1.00. The molecule has 2 aromatic rings. The molecule has 0 saturated carbocycles. The number of amides is 1. The molecule has 1 N–H and O–H groups in total. The second-order valence-corrected chi connectivity index (χ2v) is 6.92. The highest BCUT2D eigenvalue weighted by Gasteiger charge is 2.13. The normalized spacial score (nSPS) is 10.4. The van der Waals surface area contributed by atoms with Gasteiger partial charge in [0.1, 0.15) is 16.5 Å². The summed E-state index contributed by atoms with van der Waals surface area (Å²) in [7, 11) is 3.02. The Kier molecular flexibility index (Phi) is 5.87. The number of hydrogen-bond acceptors (Lipinski definition) is 7. The molecule has 9 heteroatoms. The van der Waals surface area contributed by atoms with Crippen molar-refractivity contribution in [2.24, 2.45) is 0 Å². The maximum atomic E-state index is 12.0. The van der Waals surface area contributed by atoms with Gasteiger partial charge in [-0.1, -0.05) is 34.7 Å². The Morgan fingerprint density at radius 2 is 2.05 bits per heavy atom. The maximum absolute atomic E-state index is 12.0. The van der Waals surface area contributed by atoms with Gasteiger partial charge in [0.15, 0.2) is 4.34 Å². The predicted molar refractivity (Wildman–Crippen MR) is 88.6 cm³/mol. The summed E-state index contributed by atoms with van der Waals surface area (Å²) in [5.41, 5.74) is 0.493. The molecule has 1 aromatic carbocycles. The van der Waals surface area contributed by atoms with Crippen LogP contribution in [-0.2, 0) is 4.79 Å². The summed E-state index contributed by atoms with van der Waals surface area (Å²) in [4.78, 5) is 12.0. The van der Waals surface area contributed by atoms with Gasteiger partial charge in [0.05, 0.1) is 30.7 Å². The third-order valence-electron chi connectivity index (χ3n) is 2.58. The minimum absolute atomic E-state index is 0.183. The molecule has 1 aromatic heterocycles. The van der Waals surface area contributed by atoms with Crippen molar-refractivity contribution in [3.05, 3.63) is 22.2 Å². The van der Waals surface area contributed by atoms with Crippen LogP contribution in [0.3, 0.4) is 0 Å². The number of aryl methyl sites for hydroxylation is 1. The van der Waals surface area contributed by atoms with E-state index in [4.69, 9.17) is 21.1 Å². The number of aromatic nitrogens is 2. The van der Waals surface area contributed by atoms with Crippen molar-refractivity contribution in [1.29, 1.82) is 0 Å². The molecule has 1 heterocycles. The third-order valence-corrected chi connectivity index (χ3v) is 4.85. The van der Waals surface area contributed by atoms with E-state index in [9.17, 15) is 4.79 Å². The van der Waals surface area contributed by atoms with Gasteiger partial charge in [0.25, 0.3) is 0 Å². The number of rotatable bonds is 6. The van der Waals surface area contributed by atoms with E-state index in [1.165, 1.54) is 37.3 Å². The zero-order chi connectivity index (χ0) is 16.1. The fourth-order valence-corrected chi connectivity index (χ4v) is 3.46. The molecule has 118 valence electrons. The summed E-state index contributed by atoms with van der Waals surface area (Å²) in [6, 6.07) is 3.22. The average Bonchev–Trinajstić information content (AvgIpc) is 2.91. The first kappa shape index (κ1) is 16.9. The van der Waals surface area contributed by atoms with Crippen molar-refractivity contribution >= 4 is 46.3 Å². The van der Waals surface area contributed by atoms with Crippen LogP contribution in [0, 0.1) is 6.92 Å². The zero-order valence-electron chi connectivity index (χ0n) is 12.2. The van der Waals surface area contributed by atoms with E-state index in [1.807, 2.05) is 6.92 Å². The maximum Gasteiger partial charge on any atom is 0.234 e. The molecule has 22 heavy (non-hydrogen) atoms. The highest BCUT2D eigenvalue weighted by molar-refractivity contribution is 8.01. The number of methoxy groups -OCH3 is 2. The zero-order valence-corrected chi connectivity index (χ0v) is 14.6. The summed E-state index contributed by atoms with van der Waals surface area (Å²) in [6.45, 7) is 1.87. The van der Waals surface area contributed by atoms with Crippen LogP contribution in [0.4, 0.5) is 5.69 Å². The molecule has 0 aliphatic rings. The summed E-state index contributed by atoms with van der Waals surface area (Å²) in [6.07, 6.45) is 0. The molecule has 6 nitrogen and oxygen atoms in total. The topological polar surface area (TPSA) is 73.3 Å². The predicted octanol–water partition coefficient (Wildman–Crippen LogP) is 3.25. The Morgan fingerprint density at radius 3 is 2.64 bits per heavy atom. The van der Waals surface area contributed by atoms with Crippen LogP contribution in [0.1, 0.15) is 5.01 Å². The van der Waals surface area contributed by atoms with Crippen LogP contribution < -0.4 is 14.8 Å². The van der Waals surface area contributed by atoms with Gasteiger partial charge in [-0.25, -0.2) is 0 Å². The van der Waals surface area contributed by atoms with E-state index >= 15 is 0 Å². The minimum atomic E-state index is -0.183. The van der Waals surface area contributed by atoms with E-state index in [1.54, 1.807) is 12.1 Å². The lowest BCUT2D eigenvalue weighted by molar-refractivity contribution is -0.113. The molecular weight excluding hydrogens is 346 g/mol. The SMILES string of the molecule is COc1cc(OC)c(NC(=O)CSc2nnc(C)s2)cc1Cl. The minimum Gasteiger partial charge on any atom is -0.495 e. The first-order valence-corrected chi connectivity index (χ1v) is 8.35. The van der Waals surface area contributed by atoms with Gasteiger partial charge in [0, 0.05) is 6.07 Å². The summed E-state index contributed by atoms with van der Waals surface area (Å²) in [5, 5.41) is 11.9. The van der Waals surface area contributed by atoms with Crippen molar-refractivity contribution < 1.29 is 14.3 Å². The summed E-state index contributed by atoms with van der Waals surface area (Å²) < 4.78 is 11.1. The van der Waals surface area contributed by atoms with Gasteiger partial charge in [-0.15, -0.1) is 10.2 Å². The number of carbonyl (C=O) groups is 1. The molecule has 0 fully saturated rings. The Bertz CT molecular complexity index is 679. The third kappa shape index (κ3) is 4.25. The van der Waals surface area contributed by atoms with Gasteiger partial charge in [-0.05, 0) is 13.0 Å². The highest BCUT2D eigenvalue weighted by Crippen LogP contribution is 2.36. The molecule has 1 amide bonds. The van der Waals surface area contributed by atoms with Crippen molar-refractivity contribution in [1.82, 2.24) is 10.2 Å². The van der Waals surface area contributed by atoms with E-state index < -0.39 is 0 Å². The monoisotopic (exact) mass is 359 g/mol. The fourth-order valence-electron chi connectivity index (χ4n) is 1.61. The molecule has 0 atom stereocenters. The molecule has 0 radical (unpaired) electrons. The van der Waals surface area contributed by atoms with E-state index in [-0.39, 0.29) is 11.7 Å². The number of carbonyl (C=O) groups excluding carboxylic acids is 1. The molecule has 0 aliphatic heterocycles. The fraction of sp³-hybridized carbons (Fsp3) is 0.308. The Hall–Kier alpha value is -1.51. The van der Waals surface area contributed by atoms with Gasteiger partial charge >= 0.3 is 0 Å². The van der Waals surface area contributed by atoms with Gasteiger partial charge in [-0.2, -0.15) is 0 Å². The van der Waals surface area contributed by atoms with Crippen molar-refractivity contribution in [3.8, 4) is 11.5 Å². The summed E-state index contributed by atoms with van der Waals surface area (Å²) >= 11 is 8.84. The number of ether oxygens (including phenoxy) is 2. The standard InChI is InChI=1S/C13H14ClN3O3S2/c1-7-16-17-13(22-7)21-6-12(18)15-9-4-8(14)10(19-2)5-11(9)20-3/h4-5H,6H2,1-3H3,(H,15,18). The van der Waals surface area contributed by atoms with Gasteiger partial charge < -0.3 is 14.8 Å². The van der Waals surface area contributed by atoms with E-state index in [2.05, 4.69) is 15.5 Å². The van der Waals surface area contributed by atoms with Gasteiger partial charge in [0.2, 0.25) is 5.91 Å². The van der Waals surface area contributed by atoms with Crippen LogP contribution in [-0.4, -0.2) is 36.1 Å².